The van der Waals surface area contributed by atoms with Gasteiger partial charge in [-0.15, -0.1) is 0 Å². The highest BCUT2D eigenvalue weighted by molar-refractivity contribution is 7.93. The molecule has 3 aromatic rings. The van der Waals surface area contributed by atoms with Crippen LogP contribution in [0.15, 0.2) is 59.6 Å². The number of non-ortho nitro benzene ring substituents is 1. The summed E-state index contributed by atoms with van der Waals surface area (Å²) in [6.07, 6.45) is 1.48. The number of aromatic nitrogens is 2. The number of benzene rings is 2. The van der Waals surface area contributed by atoms with Gasteiger partial charge in [0.15, 0.2) is 0 Å². The van der Waals surface area contributed by atoms with Gasteiger partial charge in [0.25, 0.3) is 21.6 Å². The normalized spacial score (nSPS) is 11.4. The van der Waals surface area contributed by atoms with Crippen LogP contribution in [0.1, 0.15) is 19.5 Å². The molecule has 10 heteroatoms. The zero-order valence-corrected chi connectivity index (χ0v) is 19.0. The number of hydrogen-bond acceptors (Lipinski definition) is 7. The number of rotatable bonds is 8. The van der Waals surface area contributed by atoms with E-state index in [1.807, 2.05) is 13.8 Å². The van der Waals surface area contributed by atoms with E-state index in [0.29, 0.717) is 16.8 Å². The van der Waals surface area contributed by atoms with E-state index in [2.05, 4.69) is 9.97 Å². The number of anilines is 1. The third-order valence-electron chi connectivity index (χ3n) is 4.63. The summed E-state index contributed by atoms with van der Waals surface area (Å²) >= 11 is 0. The van der Waals surface area contributed by atoms with Gasteiger partial charge >= 0.3 is 0 Å². The van der Waals surface area contributed by atoms with Gasteiger partial charge in [0.05, 0.1) is 28.8 Å². The lowest BCUT2D eigenvalue weighted by Crippen LogP contribution is -2.35. The number of hydrogen-bond donors (Lipinski definition) is 0. The molecule has 9 nitrogen and oxygen atoms in total. The molecule has 32 heavy (non-hydrogen) atoms. The molecule has 0 aliphatic rings. The summed E-state index contributed by atoms with van der Waals surface area (Å²) in [6, 6.07) is 12.3. The second-order valence-electron chi connectivity index (χ2n) is 7.58. The second-order valence-corrected chi connectivity index (χ2v) is 9.41. The van der Waals surface area contributed by atoms with Gasteiger partial charge in [0.1, 0.15) is 0 Å². The zero-order chi connectivity index (χ0) is 23.5. The predicted molar refractivity (Wildman–Crippen MR) is 121 cm³/mol. The van der Waals surface area contributed by atoms with Crippen molar-refractivity contribution in [1.82, 2.24) is 9.97 Å². The Morgan fingerprint density at radius 2 is 1.88 bits per heavy atom. The molecule has 0 aliphatic heterocycles. The predicted octanol–water partition coefficient (Wildman–Crippen LogP) is 4.22. The Hall–Kier alpha value is -3.53. The van der Waals surface area contributed by atoms with Gasteiger partial charge < -0.3 is 4.74 Å². The fraction of sp³-hybridized carbons (Fsp3) is 0.273. The van der Waals surface area contributed by atoms with Crippen molar-refractivity contribution in [3.05, 3.63) is 70.5 Å². The second kappa shape index (κ2) is 9.31. The molecule has 0 amide bonds. The SMILES string of the molecule is COc1nc(C)cnc1N(CC(C)C)S(=O)(=O)c1ccccc1-c1cccc([N+](=O)[O-])c1. The van der Waals surface area contributed by atoms with Crippen molar-refractivity contribution in [1.29, 1.82) is 0 Å². The van der Waals surface area contributed by atoms with Crippen LogP contribution in [0.3, 0.4) is 0 Å². The topological polar surface area (TPSA) is 116 Å². The fourth-order valence-corrected chi connectivity index (χ4v) is 5.02. The molecular formula is C22H24N4O5S. The van der Waals surface area contributed by atoms with Crippen LogP contribution < -0.4 is 9.04 Å². The van der Waals surface area contributed by atoms with Gasteiger partial charge in [0.2, 0.25) is 5.82 Å². The Morgan fingerprint density at radius 1 is 1.16 bits per heavy atom. The number of aryl methyl sites for hydroxylation is 1. The minimum absolute atomic E-state index is 0.00516. The monoisotopic (exact) mass is 456 g/mol. The Bertz CT molecular complexity index is 1240. The number of ether oxygens (including phenoxy) is 1. The molecule has 2 aromatic carbocycles. The Labute approximate surface area is 186 Å². The van der Waals surface area contributed by atoms with E-state index < -0.39 is 14.9 Å². The summed E-state index contributed by atoms with van der Waals surface area (Å²) in [5.41, 5.74) is 1.23. The minimum Gasteiger partial charge on any atom is -0.478 e. The highest BCUT2D eigenvalue weighted by atomic mass is 32.2. The molecule has 0 saturated heterocycles. The molecular weight excluding hydrogens is 432 g/mol. The molecule has 0 aliphatic carbocycles. The number of nitrogens with zero attached hydrogens (tertiary/aromatic N) is 4. The molecule has 168 valence electrons. The smallest absolute Gasteiger partial charge is 0.270 e. The van der Waals surface area contributed by atoms with Crippen molar-refractivity contribution in [2.75, 3.05) is 18.0 Å². The molecule has 0 bridgehead atoms. The van der Waals surface area contributed by atoms with Crippen molar-refractivity contribution in [2.45, 2.75) is 25.7 Å². The molecule has 0 unspecified atom stereocenters. The van der Waals surface area contributed by atoms with E-state index in [4.69, 9.17) is 4.74 Å². The van der Waals surface area contributed by atoms with Crippen LogP contribution in [-0.2, 0) is 10.0 Å². The first kappa shape index (κ1) is 23.1. The number of sulfonamides is 1. The molecule has 0 fully saturated rings. The molecule has 0 saturated carbocycles. The highest BCUT2D eigenvalue weighted by Crippen LogP contribution is 2.35. The Balaban J connectivity index is 2.22. The highest BCUT2D eigenvalue weighted by Gasteiger charge is 2.32. The van der Waals surface area contributed by atoms with Gasteiger partial charge in [-0.25, -0.2) is 22.7 Å². The summed E-state index contributed by atoms with van der Waals surface area (Å²) in [5, 5.41) is 11.2. The first-order valence-corrected chi connectivity index (χ1v) is 11.3. The first-order valence-electron chi connectivity index (χ1n) is 9.89. The lowest BCUT2D eigenvalue weighted by molar-refractivity contribution is -0.384. The number of nitro benzene ring substituents is 1. The Morgan fingerprint density at radius 3 is 2.53 bits per heavy atom. The fourth-order valence-electron chi connectivity index (χ4n) is 3.22. The third kappa shape index (κ3) is 4.70. The van der Waals surface area contributed by atoms with Gasteiger partial charge in [-0.05, 0) is 24.5 Å². The largest absolute Gasteiger partial charge is 0.478 e. The van der Waals surface area contributed by atoms with Crippen LogP contribution in [0.25, 0.3) is 11.1 Å². The maximum atomic E-state index is 13.9. The summed E-state index contributed by atoms with van der Waals surface area (Å²) in [6.45, 7) is 5.66. The van der Waals surface area contributed by atoms with Crippen LogP contribution in [-0.4, -0.2) is 37.0 Å². The standard InChI is InChI=1S/C22H24N4O5S/c1-15(2)14-25(21-22(31-4)24-16(3)13-23-21)32(29,30)20-11-6-5-10-19(20)17-8-7-9-18(12-17)26(27)28/h5-13,15H,14H2,1-4H3. The molecule has 0 spiro atoms. The summed E-state index contributed by atoms with van der Waals surface area (Å²) in [7, 11) is -2.72. The van der Waals surface area contributed by atoms with E-state index in [1.165, 1.54) is 41.9 Å². The molecule has 3 rings (SSSR count). The van der Waals surface area contributed by atoms with Crippen molar-refractivity contribution in [2.24, 2.45) is 5.92 Å². The van der Waals surface area contributed by atoms with Crippen LogP contribution >= 0.6 is 0 Å². The minimum atomic E-state index is -4.13. The maximum absolute atomic E-state index is 13.9. The summed E-state index contributed by atoms with van der Waals surface area (Å²) in [4.78, 5) is 19.3. The van der Waals surface area contributed by atoms with E-state index in [1.54, 1.807) is 31.2 Å². The van der Waals surface area contributed by atoms with Crippen LogP contribution in [0.5, 0.6) is 5.88 Å². The van der Waals surface area contributed by atoms with Gasteiger partial charge in [-0.2, -0.15) is 0 Å². The maximum Gasteiger partial charge on any atom is 0.270 e. The van der Waals surface area contributed by atoms with E-state index in [-0.39, 0.29) is 34.7 Å². The molecule has 1 heterocycles. The Kier molecular flexibility index (Phi) is 6.73. The lowest BCUT2D eigenvalue weighted by atomic mass is 10.1. The third-order valence-corrected chi connectivity index (χ3v) is 6.44. The summed E-state index contributed by atoms with van der Waals surface area (Å²) in [5.74, 6) is 0.158. The van der Waals surface area contributed by atoms with Crippen molar-refractivity contribution in [3.63, 3.8) is 0 Å². The van der Waals surface area contributed by atoms with E-state index in [0.717, 1.165) is 0 Å². The van der Waals surface area contributed by atoms with Crippen LogP contribution in [0, 0.1) is 23.0 Å². The van der Waals surface area contributed by atoms with Gasteiger partial charge in [0, 0.05) is 24.2 Å². The number of methoxy groups -OCH3 is 1. The van der Waals surface area contributed by atoms with Crippen molar-refractivity contribution >= 4 is 21.5 Å². The summed E-state index contributed by atoms with van der Waals surface area (Å²) < 4.78 is 34.3. The van der Waals surface area contributed by atoms with Crippen molar-refractivity contribution < 1.29 is 18.1 Å². The number of nitro groups is 1. The van der Waals surface area contributed by atoms with Gasteiger partial charge in [-0.3, -0.25) is 10.1 Å². The lowest BCUT2D eigenvalue weighted by Gasteiger charge is -2.27. The first-order chi connectivity index (χ1) is 15.1. The van der Waals surface area contributed by atoms with E-state index in [9.17, 15) is 18.5 Å². The molecule has 0 radical (unpaired) electrons. The van der Waals surface area contributed by atoms with Crippen LogP contribution in [0.4, 0.5) is 11.5 Å². The zero-order valence-electron chi connectivity index (χ0n) is 18.2. The quantitative estimate of drug-likeness (QED) is 0.368. The average Bonchev–Trinajstić information content (AvgIpc) is 2.77. The molecule has 0 atom stereocenters. The van der Waals surface area contributed by atoms with Crippen molar-refractivity contribution in [3.8, 4) is 17.0 Å². The molecule has 1 aromatic heterocycles. The average molecular weight is 457 g/mol. The van der Waals surface area contributed by atoms with Gasteiger partial charge in [-0.1, -0.05) is 44.2 Å². The molecule has 0 N–H and O–H groups in total. The van der Waals surface area contributed by atoms with E-state index >= 15 is 0 Å². The van der Waals surface area contributed by atoms with Crippen LogP contribution in [0.2, 0.25) is 0 Å².